The van der Waals surface area contributed by atoms with E-state index < -0.39 is 0 Å². The molecule has 0 spiro atoms. The normalized spacial score (nSPS) is 15.1. The van der Waals surface area contributed by atoms with Crippen molar-refractivity contribution in [2.45, 2.75) is 0 Å². The number of phenols is 2. The average molecular weight is 327 g/mol. The maximum absolute atomic E-state index is 9.76. The molecule has 1 aliphatic heterocycles. The van der Waals surface area contributed by atoms with Gasteiger partial charge in [-0.1, -0.05) is 0 Å². The number of morpholine rings is 1. The van der Waals surface area contributed by atoms with Gasteiger partial charge < -0.3 is 24.4 Å². The molecule has 1 aromatic carbocycles. The molecule has 2 aromatic heterocycles. The summed E-state index contributed by atoms with van der Waals surface area (Å²) in [5, 5.41) is 19.3. The molecule has 0 amide bonds. The largest absolute Gasteiger partial charge is 0.504 e. The summed E-state index contributed by atoms with van der Waals surface area (Å²) in [7, 11) is 1.88. The number of hydrogen-bond acceptors (Lipinski definition) is 7. The minimum Gasteiger partial charge on any atom is -0.504 e. The van der Waals surface area contributed by atoms with Gasteiger partial charge in [0.15, 0.2) is 34.3 Å². The maximum atomic E-state index is 9.76. The number of fused-ring (bicyclic) bond motifs is 1. The second-order valence-corrected chi connectivity index (χ2v) is 5.70. The summed E-state index contributed by atoms with van der Waals surface area (Å²) in [5.74, 6) is 0.859. The van der Waals surface area contributed by atoms with Gasteiger partial charge in [0, 0.05) is 25.7 Å². The van der Waals surface area contributed by atoms with Crippen LogP contribution in [0.25, 0.3) is 22.6 Å². The highest BCUT2D eigenvalue weighted by Gasteiger charge is 2.20. The van der Waals surface area contributed by atoms with Gasteiger partial charge in [0.2, 0.25) is 0 Å². The van der Waals surface area contributed by atoms with Gasteiger partial charge in [0.1, 0.15) is 0 Å². The Labute approximate surface area is 138 Å². The Balaban J connectivity index is 1.89. The molecule has 0 saturated carbocycles. The molecule has 2 N–H and O–H groups in total. The molecule has 0 radical (unpaired) electrons. The highest BCUT2D eigenvalue weighted by Crippen LogP contribution is 2.31. The summed E-state index contributed by atoms with van der Waals surface area (Å²) in [6.07, 6.45) is 1.71. The zero-order chi connectivity index (χ0) is 16.7. The predicted molar refractivity (Wildman–Crippen MR) is 88.1 cm³/mol. The van der Waals surface area contributed by atoms with Gasteiger partial charge in [-0.15, -0.1) is 0 Å². The number of aromatic hydroxyl groups is 2. The molecule has 3 heterocycles. The topological polar surface area (TPSA) is 96.5 Å². The molecule has 3 aromatic rings. The standard InChI is InChI=1S/C16H17N5O3/c1-20-9-17-13-15(20)18-14(10-2-3-11(22)12(23)8-10)19-16(13)21-4-6-24-7-5-21/h2-3,8-9,22-23H,4-7H2,1H3. The summed E-state index contributed by atoms with van der Waals surface area (Å²) in [6.45, 7) is 2.77. The van der Waals surface area contributed by atoms with Crippen LogP contribution in [-0.2, 0) is 11.8 Å². The van der Waals surface area contributed by atoms with Crippen LogP contribution >= 0.6 is 0 Å². The summed E-state index contributed by atoms with van der Waals surface area (Å²) < 4.78 is 7.25. The van der Waals surface area contributed by atoms with Crippen LogP contribution in [0.15, 0.2) is 24.5 Å². The van der Waals surface area contributed by atoms with E-state index in [2.05, 4.69) is 19.9 Å². The number of imidazole rings is 1. The van der Waals surface area contributed by atoms with E-state index >= 15 is 0 Å². The Morgan fingerprint density at radius 2 is 1.88 bits per heavy atom. The summed E-state index contributed by atoms with van der Waals surface area (Å²) >= 11 is 0. The number of nitrogens with zero attached hydrogens (tertiary/aromatic N) is 5. The lowest BCUT2D eigenvalue weighted by Crippen LogP contribution is -2.37. The van der Waals surface area contributed by atoms with Crippen molar-refractivity contribution in [3.63, 3.8) is 0 Å². The first kappa shape index (κ1) is 14.7. The number of aromatic nitrogens is 4. The molecule has 4 rings (SSSR count). The molecule has 8 heteroatoms. The Bertz CT molecular complexity index is 902. The fourth-order valence-electron chi connectivity index (χ4n) is 2.78. The predicted octanol–water partition coefficient (Wildman–Crippen LogP) is 1.28. The molecule has 0 bridgehead atoms. The lowest BCUT2D eigenvalue weighted by atomic mass is 10.2. The summed E-state index contributed by atoms with van der Waals surface area (Å²) in [5.41, 5.74) is 2.09. The second-order valence-electron chi connectivity index (χ2n) is 5.70. The van der Waals surface area contributed by atoms with Crippen LogP contribution in [0.2, 0.25) is 0 Å². The lowest BCUT2D eigenvalue weighted by molar-refractivity contribution is 0.122. The van der Waals surface area contributed by atoms with Gasteiger partial charge in [-0.25, -0.2) is 15.0 Å². The van der Waals surface area contributed by atoms with E-state index in [0.29, 0.717) is 30.2 Å². The van der Waals surface area contributed by atoms with Crippen molar-refractivity contribution < 1.29 is 14.9 Å². The van der Waals surface area contributed by atoms with Crippen LogP contribution in [-0.4, -0.2) is 56.0 Å². The summed E-state index contributed by atoms with van der Waals surface area (Å²) in [6, 6.07) is 4.56. The van der Waals surface area contributed by atoms with E-state index in [0.717, 1.165) is 24.4 Å². The first-order valence-electron chi connectivity index (χ1n) is 7.67. The minimum atomic E-state index is -0.200. The van der Waals surface area contributed by atoms with E-state index in [9.17, 15) is 10.2 Å². The van der Waals surface area contributed by atoms with Gasteiger partial charge >= 0.3 is 0 Å². The third kappa shape index (κ3) is 2.41. The number of benzene rings is 1. The molecule has 124 valence electrons. The van der Waals surface area contributed by atoms with Crippen LogP contribution < -0.4 is 4.90 Å². The van der Waals surface area contributed by atoms with Crippen molar-refractivity contribution in [2.24, 2.45) is 7.05 Å². The minimum absolute atomic E-state index is 0.172. The monoisotopic (exact) mass is 327 g/mol. The van der Waals surface area contributed by atoms with Gasteiger partial charge in [-0.3, -0.25) is 0 Å². The number of rotatable bonds is 2. The fourth-order valence-corrected chi connectivity index (χ4v) is 2.78. The first-order valence-corrected chi connectivity index (χ1v) is 7.67. The molecule has 8 nitrogen and oxygen atoms in total. The highest BCUT2D eigenvalue weighted by atomic mass is 16.5. The molecular formula is C16H17N5O3. The van der Waals surface area contributed by atoms with Crippen molar-refractivity contribution >= 4 is 17.0 Å². The van der Waals surface area contributed by atoms with Crippen LogP contribution in [0.5, 0.6) is 11.5 Å². The highest BCUT2D eigenvalue weighted by molar-refractivity contribution is 5.85. The molecule has 1 fully saturated rings. The number of aryl methyl sites for hydroxylation is 1. The van der Waals surface area contributed by atoms with Crippen molar-refractivity contribution in [2.75, 3.05) is 31.2 Å². The van der Waals surface area contributed by atoms with Gasteiger partial charge in [0.05, 0.1) is 19.5 Å². The first-order chi connectivity index (χ1) is 11.6. The number of ether oxygens (including phenoxy) is 1. The molecule has 1 saturated heterocycles. The number of hydrogen-bond donors (Lipinski definition) is 2. The smallest absolute Gasteiger partial charge is 0.165 e. The van der Waals surface area contributed by atoms with Crippen molar-refractivity contribution in [3.05, 3.63) is 24.5 Å². The van der Waals surface area contributed by atoms with Crippen molar-refractivity contribution in [3.8, 4) is 22.9 Å². The quantitative estimate of drug-likeness (QED) is 0.684. The third-order valence-corrected chi connectivity index (χ3v) is 4.09. The van der Waals surface area contributed by atoms with Crippen LogP contribution in [0.4, 0.5) is 5.82 Å². The average Bonchev–Trinajstić information content (AvgIpc) is 2.98. The zero-order valence-corrected chi connectivity index (χ0v) is 13.2. The molecule has 1 aliphatic rings. The van der Waals surface area contributed by atoms with Gasteiger partial charge in [-0.2, -0.15) is 0 Å². The molecule has 0 unspecified atom stereocenters. The Morgan fingerprint density at radius 3 is 2.62 bits per heavy atom. The van der Waals surface area contributed by atoms with E-state index in [-0.39, 0.29) is 11.5 Å². The van der Waals surface area contributed by atoms with Crippen LogP contribution in [0, 0.1) is 0 Å². The number of phenolic OH excluding ortho intramolecular Hbond substituents is 2. The Hall–Kier alpha value is -2.87. The molecule has 0 aliphatic carbocycles. The second kappa shape index (κ2) is 5.64. The third-order valence-electron chi connectivity index (χ3n) is 4.09. The maximum Gasteiger partial charge on any atom is 0.165 e. The molecular weight excluding hydrogens is 310 g/mol. The molecule has 0 atom stereocenters. The van der Waals surface area contributed by atoms with E-state index in [1.54, 1.807) is 12.4 Å². The fraction of sp³-hybridized carbons (Fsp3) is 0.312. The lowest BCUT2D eigenvalue weighted by Gasteiger charge is -2.28. The van der Waals surface area contributed by atoms with Crippen molar-refractivity contribution in [1.29, 1.82) is 0 Å². The van der Waals surface area contributed by atoms with Gasteiger partial charge in [0.25, 0.3) is 0 Å². The zero-order valence-electron chi connectivity index (χ0n) is 13.2. The van der Waals surface area contributed by atoms with E-state index in [4.69, 9.17) is 4.74 Å². The molecule has 24 heavy (non-hydrogen) atoms. The Morgan fingerprint density at radius 1 is 1.08 bits per heavy atom. The van der Waals surface area contributed by atoms with E-state index in [1.165, 1.54) is 12.1 Å². The summed E-state index contributed by atoms with van der Waals surface area (Å²) in [4.78, 5) is 15.8. The Kier molecular flexibility index (Phi) is 3.46. The van der Waals surface area contributed by atoms with Crippen LogP contribution in [0.3, 0.4) is 0 Å². The SMILES string of the molecule is Cn1cnc2c(N3CCOCC3)nc(-c3ccc(O)c(O)c3)nc21. The van der Waals surface area contributed by atoms with E-state index in [1.807, 2.05) is 11.6 Å². The van der Waals surface area contributed by atoms with Gasteiger partial charge in [-0.05, 0) is 18.2 Å². The number of anilines is 1. The van der Waals surface area contributed by atoms with Crippen LogP contribution in [0.1, 0.15) is 0 Å². The van der Waals surface area contributed by atoms with Crippen molar-refractivity contribution in [1.82, 2.24) is 19.5 Å².